The summed E-state index contributed by atoms with van der Waals surface area (Å²) >= 11 is 1.37. The van der Waals surface area contributed by atoms with E-state index in [2.05, 4.69) is 10.8 Å². The molecule has 1 aliphatic carbocycles. The van der Waals surface area contributed by atoms with Gasteiger partial charge in [0.1, 0.15) is 4.90 Å². The maximum Gasteiger partial charge on any atom is 0.263 e. The summed E-state index contributed by atoms with van der Waals surface area (Å²) in [5, 5.41) is 1.76. The highest BCUT2D eigenvalue weighted by atomic mass is 32.2. The molecule has 1 aliphatic rings. The maximum atomic E-state index is 12.6. The van der Waals surface area contributed by atoms with Gasteiger partial charge >= 0.3 is 0 Å². The SMILES string of the molecule is NCc1sccc1S(=O)(=O)Nc1cccc2c1CCCC2. The Morgan fingerprint density at radius 2 is 2.00 bits per heavy atom. The molecule has 0 amide bonds. The van der Waals surface area contributed by atoms with E-state index in [0.717, 1.165) is 24.8 Å². The van der Waals surface area contributed by atoms with Crippen molar-refractivity contribution in [2.45, 2.75) is 37.1 Å². The number of hydrogen-bond acceptors (Lipinski definition) is 4. The van der Waals surface area contributed by atoms with E-state index in [1.807, 2.05) is 12.1 Å². The summed E-state index contributed by atoms with van der Waals surface area (Å²) in [6, 6.07) is 7.46. The van der Waals surface area contributed by atoms with E-state index in [0.29, 0.717) is 15.5 Å². The fourth-order valence-corrected chi connectivity index (χ4v) is 5.22. The van der Waals surface area contributed by atoms with Crippen molar-refractivity contribution in [3.8, 4) is 0 Å². The van der Waals surface area contributed by atoms with Crippen LogP contribution in [-0.2, 0) is 29.4 Å². The van der Waals surface area contributed by atoms with Gasteiger partial charge in [-0.15, -0.1) is 11.3 Å². The molecule has 0 spiro atoms. The van der Waals surface area contributed by atoms with Crippen molar-refractivity contribution >= 4 is 27.0 Å². The molecule has 0 saturated carbocycles. The second-order valence-electron chi connectivity index (χ2n) is 5.17. The number of thiophene rings is 1. The first-order valence-electron chi connectivity index (χ1n) is 7.02. The van der Waals surface area contributed by atoms with Crippen molar-refractivity contribution in [1.29, 1.82) is 0 Å². The normalized spacial score (nSPS) is 14.7. The maximum absolute atomic E-state index is 12.6. The van der Waals surface area contributed by atoms with Gasteiger partial charge in [0.15, 0.2) is 0 Å². The number of aryl methyl sites for hydroxylation is 1. The summed E-state index contributed by atoms with van der Waals surface area (Å²) in [6.07, 6.45) is 4.24. The average molecular weight is 322 g/mol. The molecule has 1 aromatic heterocycles. The van der Waals surface area contributed by atoms with Gasteiger partial charge < -0.3 is 5.73 Å². The first-order valence-corrected chi connectivity index (χ1v) is 9.38. The molecule has 0 saturated heterocycles. The molecular weight excluding hydrogens is 304 g/mol. The van der Waals surface area contributed by atoms with E-state index < -0.39 is 10.0 Å². The zero-order valence-electron chi connectivity index (χ0n) is 11.6. The molecule has 0 aliphatic heterocycles. The van der Waals surface area contributed by atoms with Crippen LogP contribution in [0.15, 0.2) is 34.5 Å². The molecule has 6 heteroatoms. The monoisotopic (exact) mass is 322 g/mol. The van der Waals surface area contributed by atoms with E-state index in [1.165, 1.54) is 23.3 Å². The minimum absolute atomic E-state index is 0.237. The van der Waals surface area contributed by atoms with Crippen molar-refractivity contribution in [2.24, 2.45) is 5.73 Å². The lowest BCUT2D eigenvalue weighted by molar-refractivity contribution is 0.600. The Labute approximate surface area is 129 Å². The third-order valence-electron chi connectivity index (χ3n) is 3.82. The summed E-state index contributed by atoms with van der Waals surface area (Å²) in [6.45, 7) is 0.237. The van der Waals surface area contributed by atoms with Crippen LogP contribution in [0.25, 0.3) is 0 Å². The van der Waals surface area contributed by atoms with E-state index in [-0.39, 0.29) is 6.54 Å². The molecule has 0 atom stereocenters. The number of sulfonamides is 1. The van der Waals surface area contributed by atoms with Crippen molar-refractivity contribution in [3.63, 3.8) is 0 Å². The molecule has 0 radical (unpaired) electrons. The third-order valence-corrected chi connectivity index (χ3v) is 6.34. The number of rotatable bonds is 4. The Hall–Kier alpha value is -1.37. The molecule has 112 valence electrons. The molecule has 0 unspecified atom stereocenters. The second-order valence-corrected chi connectivity index (χ2v) is 7.82. The van der Waals surface area contributed by atoms with Crippen LogP contribution >= 0.6 is 11.3 Å². The fourth-order valence-electron chi connectivity index (χ4n) is 2.79. The molecule has 1 aromatic carbocycles. The van der Waals surface area contributed by atoms with Gasteiger partial charge in [-0.05, 0) is 54.3 Å². The highest BCUT2D eigenvalue weighted by Gasteiger charge is 2.22. The van der Waals surface area contributed by atoms with E-state index in [4.69, 9.17) is 5.73 Å². The zero-order chi connectivity index (χ0) is 14.9. The quantitative estimate of drug-likeness (QED) is 0.909. The molecule has 0 bridgehead atoms. The average Bonchev–Trinajstić information content (AvgIpc) is 2.97. The van der Waals surface area contributed by atoms with E-state index in [9.17, 15) is 8.42 Å². The number of nitrogens with two attached hydrogens (primary N) is 1. The molecule has 3 N–H and O–H groups in total. The van der Waals surface area contributed by atoms with Crippen LogP contribution in [0.4, 0.5) is 5.69 Å². The van der Waals surface area contributed by atoms with Gasteiger partial charge in [-0.1, -0.05) is 12.1 Å². The predicted octanol–water partition coefficient (Wildman–Crippen LogP) is 2.89. The van der Waals surface area contributed by atoms with Crippen molar-refractivity contribution in [3.05, 3.63) is 45.6 Å². The van der Waals surface area contributed by atoms with Gasteiger partial charge in [-0.25, -0.2) is 8.42 Å². The Balaban J connectivity index is 1.97. The standard InChI is InChI=1S/C15H18N2O2S2/c16-10-14-15(8-9-20-14)21(18,19)17-13-7-3-5-11-4-1-2-6-12(11)13/h3,5,7-9,17H,1-2,4,6,10,16H2. The lowest BCUT2D eigenvalue weighted by atomic mass is 9.91. The zero-order valence-corrected chi connectivity index (χ0v) is 13.3. The molecular formula is C15H18N2O2S2. The van der Waals surface area contributed by atoms with Crippen LogP contribution in [-0.4, -0.2) is 8.42 Å². The molecule has 1 heterocycles. The van der Waals surface area contributed by atoms with Gasteiger partial charge in [0.05, 0.1) is 5.69 Å². The predicted molar refractivity (Wildman–Crippen MR) is 86.1 cm³/mol. The molecule has 3 rings (SSSR count). The van der Waals surface area contributed by atoms with Crippen LogP contribution in [0.5, 0.6) is 0 Å². The Morgan fingerprint density at radius 1 is 1.19 bits per heavy atom. The summed E-state index contributed by atoms with van der Waals surface area (Å²) in [5.41, 5.74) is 8.72. The van der Waals surface area contributed by atoms with E-state index in [1.54, 1.807) is 11.4 Å². The summed E-state index contributed by atoms with van der Waals surface area (Å²) in [5.74, 6) is 0. The summed E-state index contributed by atoms with van der Waals surface area (Å²) in [7, 11) is -3.57. The van der Waals surface area contributed by atoms with Gasteiger partial charge in [0.25, 0.3) is 10.0 Å². The van der Waals surface area contributed by atoms with Gasteiger partial charge in [-0.3, -0.25) is 4.72 Å². The number of hydrogen-bond donors (Lipinski definition) is 2. The first-order chi connectivity index (χ1) is 10.1. The lowest BCUT2D eigenvalue weighted by Crippen LogP contribution is -2.17. The topological polar surface area (TPSA) is 72.2 Å². The Kier molecular flexibility index (Phi) is 4.01. The number of nitrogens with one attached hydrogen (secondary N) is 1. The van der Waals surface area contributed by atoms with Crippen molar-refractivity contribution in [1.82, 2.24) is 0 Å². The van der Waals surface area contributed by atoms with Gasteiger partial charge in [0, 0.05) is 11.4 Å². The van der Waals surface area contributed by atoms with Crippen molar-refractivity contribution in [2.75, 3.05) is 4.72 Å². The summed E-state index contributed by atoms with van der Waals surface area (Å²) < 4.78 is 27.9. The largest absolute Gasteiger partial charge is 0.326 e. The highest BCUT2D eigenvalue weighted by molar-refractivity contribution is 7.93. The van der Waals surface area contributed by atoms with E-state index >= 15 is 0 Å². The van der Waals surface area contributed by atoms with Gasteiger partial charge in [-0.2, -0.15) is 0 Å². The minimum Gasteiger partial charge on any atom is -0.326 e. The fraction of sp³-hybridized carbons (Fsp3) is 0.333. The van der Waals surface area contributed by atoms with Crippen molar-refractivity contribution < 1.29 is 8.42 Å². The molecule has 21 heavy (non-hydrogen) atoms. The molecule has 2 aromatic rings. The second kappa shape index (κ2) is 5.79. The first kappa shape index (κ1) is 14.6. The number of fused-ring (bicyclic) bond motifs is 1. The number of anilines is 1. The van der Waals surface area contributed by atoms with Crippen LogP contribution in [0.1, 0.15) is 28.8 Å². The van der Waals surface area contributed by atoms with Crippen LogP contribution in [0.2, 0.25) is 0 Å². The summed E-state index contributed by atoms with van der Waals surface area (Å²) in [4.78, 5) is 0.982. The Bertz CT molecular complexity index is 751. The molecule has 4 nitrogen and oxygen atoms in total. The third kappa shape index (κ3) is 2.84. The molecule has 0 fully saturated rings. The minimum atomic E-state index is -3.57. The Morgan fingerprint density at radius 3 is 2.81 bits per heavy atom. The lowest BCUT2D eigenvalue weighted by Gasteiger charge is -2.20. The van der Waals surface area contributed by atoms with Crippen LogP contribution in [0.3, 0.4) is 0 Å². The van der Waals surface area contributed by atoms with Crippen LogP contribution in [0, 0.1) is 0 Å². The highest BCUT2D eigenvalue weighted by Crippen LogP contribution is 2.30. The van der Waals surface area contributed by atoms with Gasteiger partial charge in [0.2, 0.25) is 0 Å². The number of benzene rings is 1. The van der Waals surface area contributed by atoms with Crippen LogP contribution < -0.4 is 10.5 Å². The smallest absolute Gasteiger partial charge is 0.263 e.